The van der Waals surface area contributed by atoms with Gasteiger partial charge in [-0.3, -0.25) is 9.69 Å². The SMILES string of the molecule is CC(C)CN(CC1(C(=O)O)CCOC1)C1CC1. The van der Waals surface area contributed by atoms with Crippen LogP contribution in [0.4, 0.5) is 0 Å². The van der Waals surface area contributed by atoms with Crippen molar-refractivity contribution >= 4 is 5.97 Å². The highest BCUT2D eigenvalue weighted by molar-refractivity contribution is 5.75. The van der Waals surface area contributed by atoms with Gasteiger partial charge in [0.2, 0.25) is 0 Å². The quantitative estimate of drug-likeness (QED) is 0.767. The van der Waals surface area contributed by atoms with E-state index in [2.05, 4.69) is 18.7 Å². The molecule has 1 atom stereocenters. The number of rotatable bonds is 6. The molecule has 0 aromatic rings. The van der Waals surface area contributed by atoms with Crippen molar-refractivity contribution in [1.29, 1.82) is 0 Å². The number of aliphatic carboxylic acids is 1. The summed E-state index contributed by atoms with van der Waals surface area (Å²) in [6.45, 7) is 7.00. The standard InChI is InChI=1S/C13H23NO3/c1-10(2)7-14(11-3-4-11)8-13(12(15)16)5-6-17-9-13/h10-11H,3-9H2,1-2H3,(H,15,16). The summed E-state index contributed by atoms with van der Waals surface area (Å²) in [4.78, 5) is 13.8. The lowest BCUT2D eigenvalue weighted by molar-refractivity contribution is -0.150. The second kappa shape index (κ2) is 4.94. The summed E-state index contributed by atoms with van der Waals surface area (Å²) in [5.41, 5.74) is -0.655. The van der Waals surface area contributed by atoms with Crippen LogP contribution in [0.3, 0.4) is 0 Å². The Balaban J connectivity index is 2.01. The van der Waals surface area contributed by atoms with Gasteiger partial charge in [-0.1, -0.05) is 13.8 Å². The summed E-state index contributed by atoms with van der Waals surface area (Å²) >= 11 is 0. The molecule has 2 aliphatic rings. The summed E-state index contributed by atoms with van der Waals surface area (Å²) in [7, 11) is 0. The van der Waals surface area contributed by atoms with Gasteiger partial charge in [-0.15, -0.1) is 0 Å². The van der Waals surface area contributed by atoms with E-state index in [0.717, 1.165) is 6.54 Å². The molecule has 0 amide bonds. The Morgan fingerprint density at radius 1 is 1.53 bits per heavy atom. The van der Waals surface area contributed by atoms with Crippen LogP contribution in [0, 0.1) is 11.3 Å². The first-order valence-corrected chi connectivity index (χ1v) is 6.59. The van der Waals surface area contributed by atoms with Gasteiger partial charge in [0.15, 0.2) is 0 Å². The molecule has 1 aliphatic heterocycles. The van der Waals surface area contributed by atoms with E-state index in [9.17, 15) is 9.90 Å². The lowest BCUT2D eigenvalue weighted by atomic mass is 9.86. The van der Waals surface area contributed by atoms with Gasteiger partial charge in [-0.2, -0.15) is 0 Å². The minimum atomic E-state index is -0.690. The van der Waals surface area contributed by atoms with Crippen LogP contribution in [0.1, 0.15) is 33.1 Å². The van der Waals surface area contributed by atoms with Gasteiger partial charge in [0, 0.05) is 25.7 Å². The lowest BCUT2D eigenvalue weighted by Gasteiger charge is -2.32. The molecule has 4 nitrogen and oxygen atoms in total. The Kier molecular flexibility index (Phi) is 3.73. The van der Waals surface area contributed by atoms with Crippen molar-refractivity contribution in [3.8, 4) is 0 Å². The van der Waals surface area contributed by atoms with Crippen LogP contribution >= 0.6 is 0 Å². The van der Waals surface area contributed by atoms with Gasteiger partial charge in [0.05, 0.1) is 6.61 Å². The summed E-state index contributed by atoms with van der Waals surface area (Å²) in [5.74, 6) is -0.104. The van der Waals surface area contributed by atoms with Crippen molar-refractivity contribution in [2.75, 3.05) is 26.3 Å². The molecule has 1 heterocycles. The Labute approximate surface area is 103 Å². The molecule has 0 radical (unpaired) electrons. The van der Waals surface area contributed by atoms with Crippen molar-refractivity contribution in [1.82, 2.24) is 4.90 Å². The van der Waals surface area contributed by atoms with Crippen LogP contribution in [0.25, 0.3) is 0 Å². The summed E-state index contributed by atoms with van der Waals surface area (Å²) in [6, 6.07) is 0.620. The molecule has 1 saturated heterocycles. The first-order valence-electron chi connectivity index (χ1n) is 6.59. The molecule has 98 valence electrons. The Morgan fingerprint density at radius 2 is 2.24 bits per heavy atom. The van der Waals surface area contributed by atoms with E-state index < -0.39 is 11.4 Å². The van der Waals surface area contributed by atoms with Crippen molar-refractivity contribution in [2.45, 2.75) is 39.2 Å². The van der Waals surface area contributed by atoms with E-state index >= 15 is 0 Å². The van der Waals surface area contributed by atoms with Crippen molar-refractivity contribution in [3.63, 3.8) is 0 Å². The highest BCUT2D eigenvalue weighted by Crippen LogP contribution is 2.35. The Morgan fingerprint density at radius 3 is 2.65 bits per heavy atom. The van der Waals surface area contributed by atoms with E-state index in [1.807, 2.05) is 0 Å². The fourth-order valence-electron chi connectivity index (χ4n) is 2.61. The highest BCUT2D eigenvalue weighted by atomic mass is 16.5. The zero-order valence-corrected chi connectivity index (χ0v) is 10.8. The van der Waals surface area contributed by atoms with Crippen molar-refractivity contribution in [3.05, 3.63) is 0 Å². The van der Waals surface area contributed by atoms with Gasteiger partial charge in [0.1, 0.15) is 5.41 Å². The molecule has 0 bridgehead atoms. The van der Waals surface area contributed by atoms with E-state index in [-0.39, 0.29) is 0 Å². The number of hydrogen-bond donors (Lipinski definition) is 1. The van der Waals surface area contributed by atoms with E-state index in [1.54, 1.807) is 0 Å². The molecule has 1 N–H and O–H groups in total. The molecule has 1 unspecified atom stereocenters. The van der Waals surface area contributed by atoms with Crippen LogP contribution in [0.5, 0.6) is 0 Å². The van der Waals surface area contributed by atoms with Crippen LogP contribution < -0.4 is 0 Å². The maximum atomic E-state index is 11.5. The largest absolute Gasteiger partial charge is 0.481 e. The van der Waals surface area contributed by atoms with E-state index in [1.165, 1.54) is 12.8 Å². The third kappa shape index (κ3) is 2.99. The first kappa shape index (κ1) is 12.8. The zero-order valence-electron chi connectivity index (χ0n) is 10.8. The summed E-state index contributed by atoms with van der Waals surface area (Å²) < 4.78 is 5.32. The first-order chi connectivity index (χ1) is 8.03. The third-order valence-electron chi connectivity index (χ3n) is 3.73. The van der Waals surface area contributed by atoms with E-state index in [4.69, 9.17) is 4.74 Å². The van der Waals surface area contributed by atoms with Crippen LogP contribution in [-0.4, -0.2) is 48.3 Å². The number of hydrogen-bond acceptors (Lipinski definition) is 3. The minimum Gasteiger partial charge on any atom is -0.481 e. The molecule has 0 spiro atoms. The average molecular weight is 241 g/mol. The number of carbonyl (C=O) groups is 1. The predicted molar refractivity (Wildman–Crippen MR) is 64.9 cm³/mol. The maximum absolute atomic E-state index is 11.5. The predicted octanol–water partition coefficient (Wildman–Crippen LogP) is 1.60. The number of ether oxygens (including phenoxy) is 1. The third-order valence-corrected chi connectivity index (χ3v) is 3.73. The zero-order chi connectivity index (χ0) is 12.5. The number of carboxylic acid groups (broad SMARTS) is 1. The molecule has 2 rings (SSSR count). The molecule has 1 saturated carbocycles. The smallest absolute Gasteiger partial charge is 0.313 e. The van der Waals surface area contributed by atoms with Gasteiger partial charge >= 0.3 is 5.97 Å². The summed E-state index contributed by atoms with van der Waals surface area (Å²) in [5, 5.41) is 9.44. The molecule has 0 aromatic carbocycles. The van der Waals surface area contributed by atoms with Gasteiger partial charge in [0.25, 0.3) is 0 Å². The lowest BCUT2D eigenvalue weighted by Crippen LogP contribution is -2.45. The molecular weight excluding hydrogens is 218 g/mol. The fraction of sp³-hybridized carbons (Fsp3) is 0.923. The maximum Gasteiger partial charge on any atom is 0.313 e. The fourth-order valence-corrected chi connectivity index (χ4v) is 2.61. The molecule has 2 fully saturated rings. The normalized spacial score (nSPS) is 29.2. The van der Waals surface area contributed by atoms with Crippen molar-refractivity contribution < 1.29 is 14.6 Å². The number of carboxylic acids is 1. The second-order valence-corrected chi connectivity index (χ2v) is 5.94. The molecule has 17 heavy (non-hydrogen) atoms. The van der Waals surface area contributed by atoms with Gasteiger partial charge in [-0.25, -0.2) is 0 Å². The van der Waals surface area contributed by atoms with Crippen molar-refractivity contribution in [2.24, 2.45) is 11.3 Å². The second-order valence-electron chi connectivity index (χ2n) is 5.94. The summed E-state index contributed by atoms with van der Waals surface area (Å²) in [6.07, 6.45) is 3.11. The van der Waals surface area contributed by atoms with E-state index in [0.29, 0.717) is 38.1 Å². The van der Waals surface area contributed by atoms with Crippen LogP contribution in [-0.2, 0) is 9.53 Å². The molecular formula is C13H23NO3. The monoisotopic (exact) mass is 241 g/mol. The van der Waals surface area contributed by atoms with Gasteiger partial charge in [-0.05, 0) is 25.2 Å². The molecule has 4 heteroatoms. The highest BCUT2D eigenvalue weighted by Gasteiger charge is 2.46. The average Bonchev–Trinajstić information content (AvgIpc) is 2.98. The molecule has 0 aromatic heterocycles. The Hall–Kier alpha value is -0.610. The van der Waals surface area contributed by atoms with Crippen LogP contribution in [0.2, 0.25) is 0 Å². The van der Waals surface area contributed by atoms with Gasteiger partial charge < -0.3 is 9.84 Å². The Bertz CT molecular complexity index is 280. The topological polar surface area (TPSA) is 49.8 Å². The number of nitrogens with zero attached hydrogens (tertiary/aromatic N) is 1. The minimum absolute atomic E-state index is 0.379. The molecule has 1 aliphatic carbocycles. The van der Waals surface area contributed by atoms with Crippen LogP contribution in [0.15, 0.2) is 0 Å².